The minimum atomic E-state index is -0.653. The number of nitrogens with one attached hydrogen (secondary N) is 2. The minimum Gasteiger partial charge on any atom is -0.444 e. The first-order valence-electron chi connectivity index (χ1n) is 8.85. The third kappa shape index (κ3) is 6.55. The van der Waals surface area contributed by atoms with Crippen molar-refractivity contribution < 1.29 is 19.1 Å². The van der Waals surface area contributed by atoms with Gasteiger partial charge in [-0.3, -0.25) is 10.6 Å². The van der Waals surface area contributed by atoms with Gasteiger partial charge in [0.2, 0.25) is 0 Å². The number of ether oxygens (including phenoxy) is 2. The first kappa shape index (κ1) is 20.2. The molecule has 0 fully saturated rings. The normalized spacial score (nSPS) is 10.1. The van der Waals surface area contributed by atoms with Gasteiger partial charge in [0.05, 0.1) is 10.7 Å². The topological polar surface area (TPSA) is 76.7 Å². The fourth-order valence-corrected chi connectivity index (χ4v) is 2.61. The van der Waals surface area contributed by atoms with E-state index in [1.807, 2.05) is 60.7 Å². The summed E-state index contributed by atoms with van der Waals surface area (Å²) in [6.07, 6.45) is -1.27. The molecule has 0 spiro atoms. The Kier molecular flexibility index (Phi) is 7.08. The van der Waals surface area contributed by atoms with Gasteiger partial charge in [-0.25, -0.2) is 9.59 Å². The van der Waals surface area contributed by atoms with Crippen molar-refractivity contribution in [3.8, 4) is 0 Å². The maximum absolute atomic E-state index is 12.0. The smallest absolute Gasteiger partial charge is 0.412 e. The van der Waals surface area contributed by atoms with E-state index in [0.29, 0.717) is 16.4 Å². The molecular formula is C22H19ClN2O4. The van der Waals surface area contributed by atoms with Crippen molar-refractivity contribution in [1.29, 1.82) is 0 Å². The van der Waals surface area contributed by atoms with E-state index in [9.17, 15) is 9.59 Å². The Morgan fingerprint density at radius 3 is 1.79 bits per heavy atom. The molecule has 0 atom stereocenters. The van der Waals surface area contributed by atoms with E-state index >= 15 is 0 Å². The lowest BCUT2D eigenvalue weighted by Crippen LogP contribution is -2.15. The number of anilines is 2. The Bertz CT molecular complexity index is 965. The molecule has 148 valence electrons. The average molecular weight is 411 g/mol. The van der Waals surface area contributed by atoms with E-state index in [0.717, 1.165) is 11.1 Å². The first-order chi connectivity index (χ1) is 14.1. The Morgan fingerprint density at radius 2 is 1.24 bits per heavy atom. The minimum absolute atomic E-state index is 0.133. The molecule has 2 amide bonds. The van der Waals surface area contributed by atoms with Crippen molar-refractivity contribution in [2.24, 2.45) is 0 Å². The number of rotatable bonds is 6. The molecule has 6 nitrogen and oxygen atoms in total. The molecule has 0 bridgehead atoms. The fraction of sp³-hybridized carbons (Fsp3) is 0.0909. The van der Waals surface area contributed by atoms with Gasteiger partial charge in [0.15, 0.2) is 0 Å². The molecule has 0 aliphatic heterocycles. The highest BCUT2D eigenvalue weighted by Gasteiger charge is 2.10. The van der Waals surface area contributed by atoms with Gasteiger partial charge in [0, 0.05) is 5.69 Å². The van der Waals surface area contributed by atoms with Gasteiger partial charge in [-0.1, -0.05) is 72.3 Å². The fourth-order valence-electron chi connectivity index (χ4n) is 2.45. The zero-order valence-electron chi connectivity index (χ0n) is 15.4. The van der Waals surface area contributed by atoms with E-state index in [4.69, 9.17) is 21.1 Å². The van der Waals surface area contributed by atoms with Gasteiger partial charge < -0.3 is 9.47 Å². The molecular weight excluding hydrogens is 392 g/mol. The zero-order valence-corrected chi connectivity index (χ0v) is 16.2. The number of carbonyl (C=O) groups excluding carboxylic acids is 2. The Balaban J connectivity index is 1.53. The quantitative estimate of drug-likeness (QED) is 0.535. The molecule has 0 unspecified atom stereocenters. The highest BCUT2D eigenvalue weighted by atomic mass is 35.5. The van der Waals surface area contributed by atoms with Crippen molar-refractivity contribution in [2.45, 2.75) is 13.2 Å². The van der Waals surface area contributed by atoms with Crippen LogP contribution in [0.15, 0.2) is 78.9 Å². The number of hydrogen-bond acceptors (Lipinski definition) is 4. The molecule has 2 N–H and O–H groups in total. The first-order valence-corrected chi connectivity index (χ1v) is 9.23. The third-order valence-corrected chi connectivity index (χ3v) is 4.20. The summed E-state index contributed by atoms with van der Waals surface area (Å²) in [4.78, 5) is 24.0. The number of hydrogen-bond donors (Lipinski definition) is 2. The Labute approximate surface area is 173 Å². The maximum Gasteiger partial charge on any atom is 0.412 e. The largest absolute Gasteiger partial charge is 0.444 e. The molecule has 0 aromatic heterocycles. The van der Waals surface area contributed by atoms with Crippen molar-refractivity contribution in [3.63, 3.8) is 0 Å². The summed E-state index contributed by atoms with van der Waals surface area (Å²) in [6.45, 7) is 0.283. The van der Waals surface area contributed by atoms with E-state index in [2.05, 4.69) is 10.6 Å². The summed E-state index contributed by atoms with van der Waals surface area (Å²) in [6, 6.07) is 23.3. The predicted molar refractivity (Wildman–Crippen MR) is 112 cm³/mol. The van der Waals surface area contributed by atoms with Crippen molar-refractivity contribution in [1.82, 2.24) is 0 Å². The molecule has 0 saturated carbocycles. The molecule has 7 heteroatoms. The van der Waals surface area contributed by atoms with Crippen molar-refractivity contribution in [3.05, 3.63) is 95.0 Å². The Hall–Kier alpha value is -3.51. The molecule has 3 aromatic carbocycles. The summed E-state index contributed by atoms with van der Waals surface area (Å²) in [5, 5.41) is 5.48. The summed E-state index contributed by atoms with van der Waals surface area (Å²) in [5.74, 6) is 0. The zero-order chi connectivity index (χ0) is 20.5. The molecule has 0 heterocycles. The van der Waals surface area contributed by atoms with Gasteiger partial charge in [0.25, 0.3) is 0 Å². The van der Waals surface area contributed by atoms with Gasteiger partial charge in [-0.2, -0.15) is 0 Å². The number of halogens is 1. The lowest BCUT2D eigenvalue weighted by Gasteiger charge is -2.11. The average Bonchev–Trinajstić information content (AvgIpc) is 2.75. The van der Waals surface area contributed by atoms with E-state index in [-0.39, 0.29) is 13.2 Å². The van der Waals surface area contributed by atoms with Crippen LogP contribution in [0.25, 0.3) is 0 Å². The van der Waals surface area contributed by atoms with Crippen LogP contribution in [0, 0.1) is 0 Å². The number of amides is 2. The predicted octanol–water partition coefficient (Wildman–Crippen LogP) is 5.84. The van der Waals surface area contributed by atoms with E-state index in [1.54, 1.807) is 12.1 Å². The molecule has 3 rings (SSSR count). The van der Waals surface area contributed by atoms with Crippen LogP contribution in [0.5, 0.6) is 0 Å². The second-order valence-electron chi connectivity index (χ2n) is 6.07. The Morgan fingerprint density at radius 1 is 0.724 bits per heavy atom. The van der Waals surface area contributed by atoms with Crippen molar-refractivity contribution in [2.75, 3.05) is 10.6 Å². The summed E-state index contributed by atoms with van der Waals surface area (Å²) in [5.41, 5.74) is 2.48. The SMILES string of the molecule is O=C(Nc1ccc(Cl)c(NC(=O)OCc2ccccc2)c1)OCc1ccccc1. The van der Waals surface area contributed by atoms with Crippen LogP contribution in [-0.2, 0) is 22.7 Å². The molecule has 3 aromatic rings. The number of carbonyl (C=O) groups is 2. The lowest BCUT2D eigenvalue weighted by molar-refractivity contribution is 0.154. The van der Waals surface area contributed by atoms with Crippen LogP contribution < -0.4 is 10.6 Å². The van der Waals surface area contributed by atoms with Gasteiger partial charge in [-0.15, -0.1) is 0 Å². The maximum atomic E-state index is 12.0. The van der Waals surface area contributed by atoms with Crippen molar-refractivity contribution >= 4 is 35.2 Å². The highest BCUT2D eigenvalue weighted by Crippen LogP contribution is 2.26. The van der Waals surface area contributed by atoms with Crippen LogP contribution in [-0.4, -0.2) is 12.2 Å². The summed E-state index contributed by atoms with van der Waals surface area (Å²) < 4.78 is 10.4. The second-order valence-corrected chi connectivity index (χ2v) is 6.48. The van der Waals surface area contributed by atoms with Gasteiger partial charge in [-0.05, 0) is 29.3 Å². The lowest BCUT2D eigenvalue weighted by atomic mass is 10.2. The molecule has 0 radical (unpaired) electrons. The highest BCUT2D eigenvalue weighted by molar-refractivity contribution is 6.33. The summed E-state index contributed by atoms with van der Waals surface area (Å²) in [7, 11) is 0. The van der Waals surface area contributed by atoms with Crippen LogP contribution in [0.3, 0.4) is 0 Å². The van der Waals surface area contributed by atoms with Crippen LogP contribution in [0.4, 0.5) is 21.0 Å². The molecule has 29 heavy (non-hydrogen) atoms. The molecule has 0 saturated heterocycles. The van der Waals surface area contributed by atoms with Crippen LogP contribution in [0.1, 0.15) is 11.1 Å². The molecule has 0 aliphatic rings. The number of benzene rings is 3. The van der Waals surface area contributed by atoms with E-state index < -0.39 is 12.2 Å². The van der Waals surface area contributed by atoms with Gasteiger partial charge in [0.1, 0.15) is 13.2 Å². The van der Waals surface area contributed by atoms with Crippen LogP contribution in [0.2, 0.25) is 5.02 Å². The van der Waals surface area contributed by atoms with E-state index in [1.165, 1.54) is 6.07 Å². The third-order valence-electron chi connectivity index (χ3n) is 3.88. The standard InChI is InChI=1S/C22H19ClN2O4/c23-19-12-11-18(24-21(26)28-14-16-7-3-1-4-8-16)13-20(19)25-22(27)29-15-17-9-5-2-6-10-17/h1-13H,14-15H2,(H,24,26)(H,25,27). The second kappa shape index (κ2) is 10.1. The molecule has 0 aliphatic carbocycles. The van der Waals surface area contributed by atoms with Crippen LogP contribution >= 0.6 is 11.6 Å². The van der Waals surface area contributed by atoms with Gasteiger partial charge >= 0.3 is 12.2 Å². The summed E-state index contributed by atoms with van der Waals surface area (Å²) >= 11 is 6.12. The monoisotopic (exact) mass is 410 g/mol.